The second-order valence-corrected chi connectivity index (χ2v) is 3.43. The van der Waals surface area contributed by atoms with Crippen molar-refractivity contribution >= 4 is 5.78 Å². The molecule has 0 amide bonds. The Kier molecular flexibility index (Phi) is 4.13. The molecule has 0 aromatic carbocycles. The van der Waals surface area contributed by atoms with Crippen molar-refractivity contribution in [3.63, 3.8) is 0 Å². The Labute approximate surface area is 91.4 Å². The average molecular weight is 230 g/mol. The van der Waals surface area contributed by atoms with Crippen molar-refractivity contribution in [3.8, 4) is 0 Å². The molecule has 7 heteroatoms. The van der Waals surface area contributed by atoms with Crippen molar-refractivity contribution in [1.29, 1.82) is 0 Å². The van der Waals surface area contributed by atoms with Crippen molar-refractivity contribution in [3.05, 3.63) is 17.7 Å². The fourth-order valence-electron chi connectivity index (χ4n) is 1.17. The van der Waals surface area contributed by atoms with Gasteiger partial charge in [0.25, 0.3) is 0 Å². The highest BCUT2D eigenvalue weighted by molar-refractivity contribution is 5.90. The minimum atomic E-state index is -1.55. The van der Waals surface area contributed by atoms with Crippen molar-refractivity contribution in [2.45, 2.75) is 25.2 Å². The number of aliphatic hydroxyl groups excluding tert-OH is 4. The number of hydrogen-bond donors (Lipinski definition) is 5. The molecule has 0 fully saturated rings. The minimum absolute atomic E-state index is 0.0553. The number of carbonyl (C=O) groups is 1. The van der Waals surface area contributed by atoms with Crippen LogP contribution in [0.1, 0.15) is 29.3 Å². The van der Waals surface area contributed by atoms with Crippen molar-refractivity contribution in [2.24, 2.45) is 0 Å². The van der Waals surface area contributed by atoms with Gasteiger partial charge in [0.2, 0.25) is 0 Å². The number of ketones is 1. The fraction of sp³-hybridized carbons (Fsp3) is 0.556. The molecule has 0 unspecified atom stereocenters. The van der Waals surface area contributed by atoms with Gasteiger partial charge in [-0.15, -0.1) is 0 Å². The highest BCUT2D eigenvalue weighted by atomic mass is 16.4. The molecule has 90 valence electrons. The maximum absolute atomic E-state index is 10.9. The van der Waals surface area contributed by atoms with E-state index in [0.29, 0.717) is 0 Å². The van der Waals surface area contributed by atoms with Crippen LogP contribution in [-0.2, 0) is 0 Å². The summed E-state index contributed by atoms with van der Waals surface area (Å²) in [6.45, 7) is 0.625. The van der Waals surface area contributed by atoms with E-state index in [9.17, 15) is 15.0 Å². The molecule has 0 aliphatic carbocycles. The molecule has 1 aromatic heterocycles. The van der Waals surface area contributed by atoms with Gasteiger partial charge in [0, 0.05) is 6.92 Å². The standard InChI is InChI=1S/C9H14N2O5/c1-4(13)9-10-2-5(11-9)7(15)8(16)6(14)3-12/h2,6-8,12,14-16H,3H2,1H3,(H,10,11)/t6-,7-,8-/m0/s1. The van der Waals surface area contributed by atoms with Crippen molar-refractivity contribution in [2.75, 3.05) is 6.61 Å². The molecule has 0 aliphatic rings. The van der Waals surface area contributed by atoms with E-state index in [1.807, 2.05) is 0 Å². The van der Waals surface area contributed by atoms with Gasteiger partial charge in [0.05, 0.1) is 18.5 Å². The normalized spacial score (nSPS) is 16.8. The summed E-state index contributed by atoms with van der Waals surface area (Å²) < 4.78 is 0. The minimum Gasteiger partial charge on any atom is -0.394 e. The zero-order valence-electron chi connectivity index (χ0n) is 8.66. The Bertz CT molecular complexity index is 365. The van der Waals surface area contributed by atoms with E-state index >= 15 is 0 Å². The molecule has 0 aliphatic heterocycles. The van der Waals surface area contributed by atoms with Gasteiger partial charge in [-0.1, -0.05) is 0 Å². The molecule has 1 heterocycles. The Morgan fingerprint density at radius 3 is 2.56 bits per heavy atom. The van der Waals surface area contributed by atoms with Gasteiger partial charge in [0.15, 0.2) is 11.6 Å². The molecule has 0 spiro atoms. The summed E-state index contributed by atoms with van der Waals surface area (Å²) in [5.74, 6) is -0.254. The number of imidazole rings is 1. The quantitative estimate of drug-likeness (QED) is 0.386. The number of carbonyl (C=O) groups excluding carboxylic acids is 1. The van der Waals surface area contributed by atoms with E-state index in [0.717, 1.165) is 0 Å². The van der Waals surface area contributed by atoms with E-state index in [4.69, 9.17) is 10.2 Å². The first-order chi connectivity index (χ1) is 7.47. The zero-order chi connectivity index (χ0) is 12.3. The number of Topliss-reactive ketones (excluding diaryl/α,β-unsaturated/α-hetero) is 1. The predicted octanol–water partition coefficient (Wildman–Crippen LogP) is -1.64. The molecule has 0 saturated carbocycles. The molecule has 16 heavy (non-hydrogen) atoms. The molecule has 3 atom stereocenters. The van der Waals surface area contributed by atoms with Gasteiger partial charge < -0.3 is 25.4 Å². The van der Waals surface area contributed by atoms with E-state index in [-0.39, 0.29) is 17.3 Å². The largest absolute Gasteiger partial charge is 0.394 e. The molecule has 0 bridgehead atoms. The summed E-state index contributed by atoms with van der Waals surface area (Å²) in [5, 5.41) is 36.7. The number of H-pyrrole nitrogens is 1. The SMILES string of the molecule is CC(=O)c1ncc([C@H](O)[C@@H](O)[C@@H](O)CO)[nH]1. The van der Waals surface area contributed by atoms with E-state index in [1.54, 1.807) is 0 Å². The summed E-state index contributed by atoms with van der Waals surface area (Å²) in [6.07, 6.45) is -3.26. The Balaban J connectivity index is 2.79. The topological polar surface area (TPSA) is 127 Å². The smallest absolute Gasteiger partial charge is 0.194 e. The first-order valence-electron chi connectivity index (χ1n) is 4.68. The summed E-state index contributed by atoms with van der Waals surface area (Å²) in [5.41, 5.74) is 0.102. The number of aromatic nitrogens is 2. The Morgan fingerprint density at radius 1 is 1.50 bits per heavy atom. The third-order valence-electron chi connectivity index (χ3n) is 2.15. The highest BCUT2D eigenvalue weighted by Crippen LogP contribution is 2.17. The molecular formula is C9H14N2O5. The van der Waals surface area contributed by atoms with Crippen LogP contribution in [0.2, 0.25) is 0 Å². The third kappa shape index (κ3) is 2.64. The Morgan fingerprint density at radius 2 is 2.12 bits per heavy atom. The van der Waals surface area contributed by atoms with E-state index < -0.39 is 24.9 Å². The van der Waals surface area contributed by atoms with Crippen LogP contribution in [0.15, 0.2) is 6.20 Å². The molecule has 5 N–H and O–H groups in total. The molecular weight excluding hydrogens is 216 g/mol. The van der Waals surface area contributed by atoms with E-state index in [1.165, 1.54) is 13.1 Å². The van der Waals surface area contributed by atoms with Crippen LogP contribution in [-0.4, -0.2) is 55.0 Å². The van der Waals surface area contributed by atoms with Gasteiger partial charge >= 0.3 is 0 Å². The summed E-state index contributed by atoms with van der Waals surface area (Å²) >= 11 is 0. The lowest BCUT2D eigenvalue weighted by Crippen LogP contribution is -2.34. The van der Waals surface area contributed by atoms with Gasteiger partial charge in [-0.3, -0.25) is 4.79 Å². The first kappa shape index (κ1) is 12.8. The molecule has 0 saturated heterocycles. The fourth-order valence-corrected chi connectivity index (χ4v) is 1.17. The van der Waals surface area contributed by atoms with Crippen LogP contribution >= 0.6 is 0 Å². The van der Waals surface area contributed by atoms with Crippen molar-refractivity contribution in [1.82, 2.24) is 9.97 Å². The van der Waals surface area contributed by atoms with Crippen LogP contribution in [0.3, 0.4) is 0 Å². The Hall–Kier alpha value is -1.28. The first-order valence-corrected chi connectivity index (χ1v) is 4.68. The van der Waals surface area contributed by atoms with Gasteiger partial charge in [-0.25, -0.2) is 4.98 Å². The van der Waals surface area contributed by atoms with Gasteiger partial charge in [-0.2, -0.15) is 0 Å². The number of aliphatic hydroxyl groups is 4. The van der Waals surface area contributed by atoms with Crippen LogP contribution in [0, 0.1) is 0 Å². The number of rotatable bonds is 5. The number of nitrogens with one attached hydrogen (secondary N) is 1. The van der Waals surface area contributed by atoms with Crippen LogP contribution < -0.4 is 0 Å². The van der Waals surface area contributed by atoms with Crippen LogP contribution in [0.4, 0.5) is 0 Å². The molecule has 1 aromatic rings. The summed E-state index contributed by atoms with van der Waals surface area (Å²) in [4.78, 5) is 17.1. The monoisotopic (exact) mass is 230 g/mol. The van der Waals surface area contributed by atoms with E-state index in [2.05, 4.69) is 9.97 Å². The van der Waals surface area contributed by atoms with Crippen molar-refractivity contribution < 1.29 is 25.2 Å². The average Bonchev–Trinajstić information content (AvgIpc) is 2.75. The summed E-state index contributed by atoms with van der Waals surface area (Å²) in [7, 11) is 0. The molecule has 0 radical (unpaired) electrons. The lowest BCUT2D eigenvalue weighted by Gasteiger charge is -2.20. The lowest BCUT2D eigenvalue weighted by molar-refractivity contribution is -0.0788. The van der Waals surface area contributed by atoms with Crippen LogP contribution in [0.25, 0.3) is 0 Å². The maximum atomic E-state index is 10.9. The second-order valence-electron chi connectivity index (χ2n) is 3.43. The number of aromatic amines is 1. The summed E-state index contributed by atoms with van der Waals surface area (Å²) in [6, 6.07) is 0. The van der Waals surface area contributed by atoms with Gasteiger partial charge in [0.1, 0.15) is 18.3 Å². The zero-order valence-corrected chi connectivity index (χ0v) is 8.66. The number of hydrogen-bond acceptors (Lipinski definition) is 6. The molecule has 7 nitrogen and oxygen atoms in total. The number of nitrogens with zero attached hydrogens (tertiary/aromatic N) is 1. The van der Waals surface area contributed by atoms with Crippen LogP contribution in [0.5, 0.6) is 0 Å². The molecule has 1 rings (SSSR count). The third-order valence-corrected chi connectivity index (χ3v) is 2.15. The van der Waals surface area contributed by atoms with Gasteiger partial charge in [-0.05, 0) is 0 Å². The maximum Gasteiger partial charge on any atom is 0.194 e. The second kappa shape index (κ2) is 5.17. The highest BCUT2D eigenvalue weighted by Gasteiger charge is 2.27. The predicted molar refractivity (Wildman–Crippen MR) is 52.7 cm³/mol. The lowest BCUT2D eigenvalue weighted by atomic mass is 10.1.